The Labute approximate surface area is 347 Å². The summed E-state index contributed by atoms with van der Waals surface area (Å²) in [4.78, 5) is 47.6. The number of allylic oxidation sites excluding steroid dienone is 10. The molecule has 0 aromatic carbocycles. The van der Waals surface area contributed by atoms with Gasteiger partial charge in [0, 0.05) is 19.3 Å². The van der Waals surface area contributed by atoms with E-state index in [1.807, 2.05) is 33.3 Å². The lowest BCUT2D eigenvalue weighted by Gasteiger charge is -2.24. The first-order chi connectivity index (χ1) is 27.4. The Morgan fingerprint density at radius 3 is 1.77 bits per heavy atom. The number of hydrogen-bond donors (Lipinski definition) is 1. The maximum Gasteiger partial charge on any atom is 0.472 e. The van der Waals surface area contributed by atoms with Gasteiger partial charge in [-0.1, -0.05) is 133 Å². The molecule has 1 N–H and O–H groups in total. The first kappa shape index (κ1) is 54.4. The monoisotopic (exact) mass is 823 g/mol. The number of nitrogens with zero attached hydrogens (tertiary/aromatic N) is 1. The van der Waals surface area contributed by atoms with Gasteiger partial charge in [-0.15, -0.1) is 0 Å². The van der Waals surface area contributed by atoms with Crippen molar-refractivity contribution in [1.29, 1.82) is 0 Å². The average Bonchev–Trinajstić information content (AvgIpc) is 3.15. The molecule has 0 rings (SSSR count). The third-order valence-electron chi connectivity index (χ3n) is 9.00. The molecule has 0 heterocycles. The Morgan fingerprint density at radius 2 is 1.12 bits per heavy atom. The lowest BCUT2D eigenvalue weighted by molar-refractivity contribution is -0.870. The highest BCUT2D eigenvalue weighted by Crippen LogP contribution is 2.43. The molecule has 0 aliphatic rings. The lowest BCUT2D eigenvalue weighted by atomic mass is 10.1. The van der Waals surface area contributed by atoms with Gasteiger partial charge in [-0.2, -0.15) is 0 Å². The topological polar surface area (TPSA) is 125 Å². The van der Waals surface area contributed by atoms with Crippen molar-refractivity contribution in [2.75, 3.05) is 47.5 Å². The summed E-state index contributed by atoms with van der Waals surface area (Å²) in [6.45, 7) is 4.08. The molecule has 0 spiro atoms. The van der Waals surface area contributed by atoms with E-state index >= 15 is 0 Å². The van der Waals surface area contributed by atoms with Crippen molar-refractivity contribution < 1.29 is 46.8 Å². The smallest absolute Gasteiger partial charge is 0.462 e. The van der Waals surface area contributed by atoms with Crippen LogP contribution in [0.5, 0.6) is 0 Å². The van der Waals surface area contributed by atoms with Gasteiger partial charge in [0.25, 0.3) is 0 Å². The predicted octanol–water partition coefficient (Wildman–Crippen LogP) is 11.6. The molecule has 0 saturated carbocycles. The van der Waals surface area contributed by atoms with Gasteiger partial charge >= 0.3 is 19.8 Å². The highest BCUT2D eigenvalue weighted by molar-refractivity contribution is 7.47. The number of phosphoric ester groups is 1. The fraction of sp³-hybridized carbons (Fsp3) is 0.717. The second-order valence-electron chi connectivity index (χ2n) is 15.8. The van der Waals surface area contributed by atoms with Crippen LogP contribution in [0.1, 0.15) is 162 Å². The normalized spacial score (nSPS) is 14.1. The number of rotatable bonds is 39. The number of carbonyl (C=O) groups is 3. The molecule has 0 radical (unpaired) electrons. The number of carbonyl (C=O) groups excluding carboxylic acids is 3. The molecule has 0 aromatic heterocycles. The van der Waals surface area contributed by atoms with Gasteiger partial charge in [0.15, 0.2) is 11.9 Å². The van der Waals surface area contributed by atoms with E-state index < -0.39 is 32.5 Å². The van der Waals surface area contributed by atoms with E-state index in [1.165, 1.54) is 63.9 Å². The number of esters is 2. The molecular formula is C46H81NO9P+. The Hall–Kier alpha value is -2.62. The minimum Gasteiger partial charge on any atom is -0.462 e. The summed E-state index contributed by atoms with van der Waals surface area (Å²) in [5.41, 5.74) is 0. The van der Waals surface area contributed by atoms with E-state index in [4.69, 9.17) is 18.5 Å². The fourth-order valence-corrected chi connectivity index (χ4v) is 6.23. The number of hydrogen-bond acceptors (Lipinski definition) is 8. The van der Waals surface area contributed by atoms with E-state index in [2.05, 4.69) is 50.3 Å². The number of quaternary nitrogens is 1. The van der Waals surface area contributed by atoms with Crippen molar-refractivity contribution in [3.8, 4) is 0 Å². The zero-order valence-corrected chi connectivity index (χ0v) is 37.4. The van der Waals surface area contributed by atoms with Crippen molar-refractivity contribution in [2.24, 2.45) is 0 Å². The molecular weight excluding hydrogens is 741 g/mol. The molecule has 10 nitrogen and oxygen atoms in total. The van der Waals surface area contributed by atoms with Crippen molar-refractivity contribution in [2.45, 2.75) is 168 Å². The Balaban J connectivity index is 4.58. The van der Waals surface area contributed by atoms with Crippen LogP contribution in [-0.2, 0) is 37.5 Å². The fourth-order valence-electron chi connectivity index (χ4n) is 5.49. The number of likely N-dealkylation sites (N-methyl/N-ethyl adjacent to an activating group) is 1. The Bertz CT molecular complexity index is 1220. The van der Waals surface area contributed by atoms with Gasteiger partial charge in [0.2, 0.25) is 0 Å². The zero-order chi connectivity index (χ0) is 42.3. The van der Waals surface area contributed by atoms with Crippen LogP contribution in [0, 0.1) is 0 Å². The van der Waals surface area contributed by atoms with E-state index in [9.17, 15) is 23.8 Å². The number of ketones is 1. The molecule has 0 saturated heterocycles. The third kappa shape index (κ3) is 41.3. The SMILES string of the molecule is CCCCC/C=C\C/C=C\C/C=C\C=C\C(=O)CCCC(=O)OC[C@H](COP(=O)(O)OCC[N+](C)(C)C)OC(=O)CCCCCCC/C=C\CCCCCCCC. The van der Waals surface area contributed by atoms with E-state index in [0.717, 1.165) is 57.8 Å². The minimum atomic E-state index is -4.43. The van der Waals surface area contributed by atoms with E-state index in [-0.39, 0.29) is 38.3 Å². The summed E-state index contributed by atoms with van der Waals surface area (Å²) in [6.07, 6.45) is 41.3. The summed E-state index contributed by atoms with van der Waals surface area (Å²) in [6, 6.07) is 0. The summed E-state index contributed by atoms with van der Waals surface area (Å²) in [5.74, 6) is -1.17. The van der Waals surface area contributed by atoms with Crippen molar-refractivity contribution in [1.82, 2.24) is 0 Å². The minimum absolute atomic E-state index is 0.00361. The quantitative estimate of drug-likeness (QED) is 0.0123. The molecule has 2 atom stereocenters. The highest BCUT2D eigenvalue weighted by Gasteiger charge is 2.27. The van der Waals surface area contributed by atoms with Gasteiger partial charge in [0.05, 0.1) is 27.7 Å². The largest absolute Gasteiger partial charge is 0.472 e. The maximum absolute atomic E-state index is 12.7. The lowest BCUT2D eigenvalue weighted by Crippen LogP contribution is -2.37. The second kappa shape index (κ2) is 37.6. The molecule has 0 bridgehead atoms. The maximum atomic E-state index is 12.7. The van der Waals surface area contributed by atoms with Crippen LogP contribution >= 0.6 is 7.82 Å². The van der Waals surface area contributed by atoms with Crippen LogP contribution in [0.15, 0.2) is 60.8 Å². The Morgan fingerprint density at radius 1 is 0.596 bits per heavy atom. The van der Waals surface area contributed by atoms with Gasteiger partial charge in [-0.05, 0) is 70.3 Å². The molecule has 1 unspecified atom stereocenters. The summed E-state index contributed by atoms with van der Waals surface area (Å²) >= 11 is 0. The van der Waals surface area contributed by atoms with Crippen LogP contribution in [0.4, 0.5) is 0 Å². The molecule has 0 aromatic rings. The highest BCUT2D eigenvalue weighted by atomic mass is 31.2. The number of ether oxygens (including phenoxy) is 2. The number of unbranched alkanes of at least 4 members (excludes halogenated alkanes) is 14. The molecule has 0 fully saturated rings. The van der Waals surface area contributed by atoms with E-state index in [1.54, 1.807) is 6.08 Å². The third-order valence-corrected chi connectivity index (χ3v) is 9.98. The summed E-state index contributed by atoms with van der Waals surface area (Å²) < 4.78 is 34.0. The van der Waals surface area contributed by atoms with Crippen LogP contribution in [0.25, 0.3) is 0 Å². The Kier molecular flexibility index (Phi) is 35.9. The van der Waals surface area contributed by atoms with E-state index in [0.29, 0.717) is 23.9 Å². The summed E-state index contributed by atoms with van der Waals surface area (Å²) in [5, 5.41) is 0. The number of phosphoric acid groups is 1. The first-order valence-corrected chi connectivity index (χ1v) is 23.5. The van der Waals surface area contributed by atoms with Gasteiger partial charge in [0.1, 0.15) is 19.8 Å². The van der Waals surface area contributed by atoms with Crippen molar-refractivity contribution >= 4 is 25.5 Å². The molecule has 0 aliphatic heterocycles. The van der Waals surface area contributed by atoms with Crippen LogP contribution in [-0.4, -0.2) is 80.7 Å². The molecule has 11 heteroatoms. The molecule has 0 amide bonds. The van der Waals surface area contributed by atoms with Gasteiger partial charge < -0.3 is 18.9 Å². The average molecular weight is 823 g/mol. The van der Waals surface area contributed by atoms with Crippen molar-refractivity contribution in [3.63, 3.8) is 0 Å². The predicted molar refractivity (Wildman–Crippen MR) is 234 cm³/mol. The molecule has 0 aliphatic carbocycles. The summed E-state index contributed by atoms with van der Waals surface area (Å²) in [7, 11) is 1.34. The standard InChI is InChI=1S/C46H80NO9P/c1-6-8-10-12-14-16-18-20-21-23-25-27-29-31-33-37-46(50)56-44(42-55-57(51,52)54-40-39-47(3,4)5)41-53-45(49)38-34-36-43(48)35-32-30-28-26-24-22-19-17-15-13-11-9-7-2/h15,17,20-22,24,28,30,32,35,44H,6-14,16,18-19,23,25-27,29,31,33-34,36-42H2,1-5H3/p+1/b17-15-,21-20-,24-22-,30-28-,35-32+/t44-/m1/s1. The second-order valence-corrected chi connectivity index (χ2v) is 17.2. The van der Waals surface area contributed by atoms with Crippen LogP contribution in [0.2, 0.25) is 0 Å². The molecule has 328 valence electrons. The first-order valence-electron chi connectivity index (χ1n) is 22.0. The van der Waals surface area contributed by atoms with Crippen LogP contribution in [0.3, 0.4) is 0 Å². The van der Waals surface area contributed by atoms with Gasteiger partial charge in [-0.3, -0.25) is 23.4 Å². The van der Waals surface area contributed by atoms with Crippen molar-refractivity contribution in [3.05, 3.63) is 60.8 Å². The van der Waals surface area contributed by atoms with Gasteiger partial charge in [-0.25, -0.2) is 4.57 Å². The zero-order valence-electron chi connectivity index (χ0n) is 36.6. The molecule has 57 heavy (non-hydrogen) atoms. The van der Waals surface area contributed by atoms with Crippen LogP contribution < -0.4 is 0 Å².